The maximum absolute atomic E-state index is 14.2. The van der Waals surface area contributed by atoms with Crippen LogP contribution >= 0.6 is 11.6 Å². The number of hydrogen-bond acceptors (Lipinski definition) is 9. The number of carboxylic acids is 1. The zero-order valence-electron chi connectivity index (χ0n) is 23.9. The summed E-state index contributed by atoms with van der Waals surface area (Å²) in [5.74, 6) is -2.78. The lowest BCUT2D eigenvalue weighted by molar-refractivity contribution is -0.150. The van der Waals surface area contributed by atoms with Gasteiger partial charge in [0, 0.05) is 47.1 Å². The summed E-state index contributed by atoms with van der Waals surface area (Å²) in [6.07, 6.45) is -3.06. The van der Waals surface area contributed by atoms with E-state index >= 15 is 0 Å². The third-order valence-electron chi connectivity index (χ3n) is 6.77. The summed E-state index contributed by atoms with van der Waals surface area (Å²) >= 11 is 6.42. The van der Waals surface area contributed by atoms with Gasteiger partial charge in [-0.25, -0.2) is 4.79 Å². The first-order valence-corrected chi connectivity index (χ1v) is 13.2. The van der Waals surface area contributed by atoms with Crippen LogP contribution in [0, 0.1) is 5.41 Å². The molecule has 222 valence electrons. The molecule has 3 N–H and O–H groups in total. The summed E-state index contributed by atoms with van der Waals surface area (Å²) in [7, 11) is 2.94. The largest absolute Gasteiger partial charge is 0.493 e. The number of anilines is 1. The maximum atomic E-state index is 14.2. The zero-order chi connectivity index (χ0) is 30.7. The van der Waals surface area contributed by atoms with E-state index in [0.29, 0.717) is 33.3 Å². The Kier molecular flexibility index (Phi) is 9.68. The summed E-state index contributed by atoms with van der Waals surface area (Å²) in [6, 6.07) is 10.1. The fourth-order valence-corrected chi connectivity index (χ4v) is 4.68. The molecule has 2 aromatic carbocycles. The summed E-state index contributed by atoms with van der Waals surface area (Å²) < 4.78 is 22.7. The van der Waals surface area contributed by atoms with Gasteiger partial charge in [0.1, 0.15) is 12.2 Å². The van der Waals surface area contributed by atoms with Crippen molar-refractivity contribution in [2.75, 3.05) is 32.3 Å². The Morgan fingerprint density at radius 1 is 1.10 bits per heavy atom. The number of benzene rings is 2. The maximum Gasteiger partial charge on any atom is 0.331 e. The predicted octanol–water partition coefficient (Wildman–Crippen LogP) is 3.53. The lowest BCUT2D eigenvalue weighted by Gasteiger charge is -2.33. The summed E-state index contributed by atoms with van der Waals surface area (Å²) in [5, 5.41) is 9.89. The minimum absolute atomic E-state index is 0.00646. The zero-order valence-corrected chi connectivity index (χ0v) is 24.6. The first-order chi connectivity index (χ1) is 19.1. The van der Waals surface area contributed by atoms with Crippen LogP contribution in [0.4, 0.5) is 5.69 Å². The Morgan fingerprint density at radius 2 is 1.78 bits per heavy atom. The van der Waals surface area contributed by atoms with Crippen molar-refractivity contribution < 1.29 is 43.2 Å². The fourth-order valence-electron chi connectivity index (χ4n) is 4.50. The number of fused-ring (bicyclic) bond motifs is 1. The van der Waals surface area contributed by atoms with E-state index in [1.54, 1.807) is 36.4 Å². The quantitative estimate of drug-likeness (QED) is 0.293. The molecule has 12 heteroatoms. The van der Waals surface area contributed by atoms with Crippen LogP contribution in [0.25, 0.3) is 0 Å². The minimum Gasteiger partial charge on any atom is -0.493 e. The number of esters is 1. The topological polar surface area (TPSA) is 155 Å². The fraction of sp³-hybridized carbons (Fsp3) is 0.448. The molecule has 0 saturated carbocycles. The Balaban J connectivity index is 2.23. The number of hydrogen-bond donors (Lipinski definition) is 2. The molecule has 0 spiro atoms. The highest BCUT2D eigenvalue weighted by Gasteiger charge is 2.44. The summed E-state index contributed by atoms with van der Waals surface area (Å²) in [4.78, 5) is 51.9. The number of nitrogens with two attached hydrogens (primary N) is 1. The molecule has 3 atom stereocenters. The number of ether oxygens (including phenoxy) is 4. The summed E-state index contributed by atoms with van der Waals surface area (Å²) in [6.45, 7) is 6.05. The van der Waals surface area contributed by atoms with Gasteiger partial charge < -0.3 is 34.7 Å². The van der Waals surface area contributed by atoms with Crippen molar-refractivity contribution in [3.63, 3.8) is 0 Å². The number of carboxylic acid groups (broad SMARTS) is 1. The monoisotopic (exact) mass is 590 g/mol. The Hall–Kier alpha value is -3.67. The molecule has 41 heavy (non-hydrogen) atoms. The smallest absolute Gasteiger partial charge is 0.331 e. The van der Waals surface area contributed by atoms with Gasteiger partial charge in [-0.1, -0.05) is 37.6 Å². The molecule has 0 saturated heterocycles. The van der Waals surface area contributed by atoms with E-state index in [9.17, 15) is 24.3 Å². The van der Waals surface area contributed by atoms with Crippen molar-refractivity contribution in [3.05, 3.63) is 52.5 Å². The van der Waals surface area contributed by atoms with Crippen LogP contribution in [0.15, 0.2) is 36.4 Å². The van der Waals surface area contributed by atoms with Crippen molar-refractivity contribution in [3.8, 4) is 11.5 Å². The highest BCUT2D eigenvalue weighted by atomic mass is 35.5. The average Bonchev–Trinajstić information content (AvgIpc) is 3.01. The van der Waals surface area contributed by atoms with Crippen LogP contribution in [0.5, 0.6) is 11.5 Å². The number of ketones is 1. The van der Waals surface area contributed by atoms with Gasteiger partial charge in [-0.15, -0.1) is 0 Å². The van der Waals surface area contributed by atoms with Gasteiger partial charge in [0.15, 0.2) is 22.8 Å². The molecule has 0 aromatic heterocycles. The van der Waals surface area contributed by atoms with Crippen LogP contribution in [-0.2, 0) is 28.7 Å². The lowest BCUT2D eigenvalue weighted by atomic mass is 9.91. The Labute approximate surface area is 243 Å². The van der Waals surface area contributed by atoms with Gasteiger partial charge in [0.25, 0.3) is 5.91 Å². The number of aliphatic carboxylic acids is 1. The van der Waals surface area contributed by atoms with E-state index < -0.39 is 53.2 Å². The number of halogens is 1. The average molecular weight is 591 g/mol. The van der Waals surface area contributed by atoms with Gasteiger partial charge in [-0.05, 0) is 31.2 Å². The molecule has 11 nitrogen and oxygen atoms in total. The summed E-state index contributed by atoms with van der Waals surface area (Å²) in [5.41, 5.74) is 4.23. The van der Waals surface area contributed by atoms with E-state index in [4.69, 9.17) is 36.3 Å². The van der Waals surface area contributed by atoms with E-state index in [1.807, 2.05) is 13.8 Å². The number of nitrogens with zero attached hydrogens (tertiary/aromatic N) is 1. The first kappa shape index (κ1) is 31.9. The van der Waals surface area contributed by atoms with E-state index in [0.717, 1.165) is 6.92 Å². The molecule has 0 bridgehead atoms. The second-order valence-electron chi connectivity index (χ2n) is 10.8. The Morgan fingerprint density at radius 3 is 2.37 bits per heavy atom. The van der Waals surface area contributed by atoms with Crippen LogP contribution in [0.3, 0.4) is 0 Å². The molecule has 3 rings (SSSR count). The van der Waals surface area contributed by atoms with Crippen molar-refractivity contribution >= 4 is 40.9 Å². The number of Topliss-reactive ketones (excluding diaryl/α,β-unsaturated/α-hetero) is 1. The number of methoxy groups -OCH3 is 2. The van der Waals surface area contributed by atoms with Gasteiger partial charge >= 0.3 is 11.9 Å². The SMILES string of the molecule is COc1cccc([C@H]2O[C@H](CC(=O)[C@](C)(N)C(=O)O)C(=O)N(CC(C)(C)COC(C)=O)c3ccc(Cl)cc32)c1OC. The molecule has 1 aliphatic rings. The van der Waals surface area contributed by atoms with Gasteiger partial charge in [0.05, 0.1) is 20.8 Å². The molecular weight excluding hydrogens is 556 g/mol. The van der Waals surface area contributed by atoms with E-state index in [2.05, 4.69) is 0 Å². The van der Waals surface area contributed by atoms with Gasteiger partial charge in [-0.2, -0.15) is 0 Å². The molecule has 0 fully saturated rings. The number of rotatable bonds is 11. The molecule has 1 heterocycles. The minimum atomic E-state index is -2.26. The van der Waals surface area contributed by atoms with Crippen molar-refractivity contribution in [1.82, 2.24) is 0 Å². The molecule has 2 aromatic rings. The highest BCUT2D eigenvalue weighted by molar-refractivity contribution is 6.30. The molecule has 0 radical (unpaired) electrons. The third-order valence-corrected chi connectivity index (χ3v) is 7.00. The second-order valence-corrected chi connectivity index (χ2v) is 11.2. The number of para-hydroxylation sites is 1. The first-order valence-electron chi connectivity index (χ1n) is 12.8. The van der Waals surface area contributed by atoms with Crippen molar-refractivity contribution in [1.29, 1.82) is 0 Å². The molecule has 1 amide bonds. The third kappa shape index (κ3) is 6.98. The van der Waals surface area contributed by atoms with Crippen LogP contribution in [0.2, 0.25) is 5.02 Å². The van der Waals surface area contributed by atoms with Crippen molar-refractivity contribution in [2.24, 2.45) is 11.1 Å². The lowest BCUT2D eigenvalue weighted by Crippen LogP contribution is -2.54. The van der Waals surface area contributed by atoms with E-state index in [-0.39, 0.29) is 13.2 Å². The van der Waals surface area contributed by atoms with Crippen LogP contribution in [0.1, 0.15) is 51.3 Å². The standard InChI is InChI=1S/C29H35ClN2O9/c1-16(33)40-15-28(2,3)14-32-20-11-10-17(30)12-19(20)24(18-8-7-9-21(38-5)25(18)39-6)41-22(26(32)35)13-23(34)29(4,31)27(36)37/h7-12,22,24H,13-15,31H2,1-6H3,(H,36,37)/t22-,24-,29+/m1/s1. The van der Waals surface area contributed by atoms with E-state index in [1.165, 1.54) is 26.0 Å². The van der Waals surface area contributed by atoms with Gasteiger partial charge in [0.2, 0.25) is 0 Å². The molecule has 0 aliphatic carbocycles. The molecule has 0 unspecified atom stereocenters. The molecular formula is C29H35ClN2O9. The second kappa shape index (κ2) is 12.5. The number of carbonyl (C=O) groups is 4. The van der Waals surface area contributed by atoms with Crippen molar-refractivity contribution in [2.45, 2.75) is 51.9 Å². The van der Waals surface area contributed by atoms with Gasteiger partial charge in [-0.3, -0.25) is 14.4 Å². The number of carbonyl (C=O) groups excluding carboxylic acids is 3. The highest BCUT2D eigenvalue weighted by Crippen LogP contribution is 2.45. The molecule has 1 aliphatic heterocycles. The number of amides is 1. The van der Waals surface area contributed by atoms with Crippen LogP contribution < -0.4 is 20.1 Å². The van der Waals surface area contributed by atoms with Crippen LogP contribution in [-0.4, -0.2) is 67.7 Å². The normalized spacial score (nSPS) is 18.5. The predicted molar refractivity (Wildman–Crippen MR) is 150 cm³/mol. The Bertz CT molecular complexity index is 1340.